The number of ether oxygens (including phenoxy) is 4. The summed E-state index contributed by atoms with van der Waals surface area (Å²) < 4.78 is 25.2. The summed E-state index contributed by atoms with van der Waals surface area (Å²) in [7, 11) is 0. The van der Waals surface area contributed by atoms with Gasteiger partial charge in [-0.1, -0.05) is 13.8 Å². The first-order chi connectivity index (χ1) is 11.6. The van der Waals surface area contributed by atoms with E-state index in [1.165, 1.54) is 0 Å². The average molecular weight is 389 g/mol. The summed E-state index contributed by atoms with van der Waals surface area (Å²) in [4.78, 5) is 0. The van der Waals surface area contributed by atoms with Crippen molar-refractivity contribution in [3.63, 3.8) is 0 Å². The Morgan fingerprint density at radius 1 is 0.444 bits per heavy atom. The molecular weight excluding hydrogens is 340 g/mol. The highest BCUT2D eigenvalue weighted by atomic mass is 16.6. The normalized spacial score (nSPS) is 17.1. The lowest BCUT2D eigenvalue weighted by molar-refractivity contribution is -0.219. The topological polar surface area (TPSA) is 36.9 Å². The molecule has 0 N–H and O–H groups in total. The number of hydrogen-bond donors (Lipinski definition) is 0. The van der Waals surface area contributed by atoms with Crippen LogP contribution in [0.15, 0.2) is 0 Å². The van der Waals surface area contributed by atoms with Crippen molar-refractivity contribution in [2.45, 2.75) is 132 Å². The van der Waals surface area contributed by atoms with Crippen molar-refractivity contribution in [3.8, 4) is 0 Å². The van der Waals surface area contributed by atoms with Gasteiger partial charge in [-0.25, -0.2) is 0 Å². The maximum Gasteiger partial charge on any atom is 0.0892 e. The highest BCUT2D eigenvalue weighted by molar-refractivity contribution is 4.91. The molecule has 0 saturated carbocycles. The second kappa shape index (κ2) is 9.11. The van der Waals surface area contributed by atoms with Gasteiger partial charge in [0.15, 0.2) is 0 Å². The van der Waals surface area contributed by atoms with Crippen molar-refractivity contribution >= 4 is 0 Å². The van der Waals surface area contributed by atoms with E-state index in [1.54, 1.807) is 0 Å². The first-order valence-electron chi connectivity index (χ1n) is 10.3. The molecule has 0 aliphatic rings. The predicted octanol–water partition coefficient (Wildman–Crippen LogP) is 6.01. The van der Waals surface area contributed by atoms with Gasteiger partial charge in [-0.2, -0.15) is 0 Å². The highest BCUT2D eigenvalue weighted by Gasteiger charge is 2.43. The molecule has 4 nitrogen and oxygen atoms in total. The average Bonchev–Trinajstić information content (AvgIpc) is 2.34. The van der Waals surface area contributed by atoms with E-state index < -0.39 is 0 Å². The molecule has 0 fully saturated rings. The Kier molecular flexibility index (Phi) is 9.05. The van der Waals surface area contributed by atoms with Gasteiger partial charge in [0.2, 0.25) is 0 Å². The van der Waals surface area contributed by atoms with E-state index >= 15 is 0 Å². The third-order valence-electron chi connectivity index (χ3n) is 3.99. The van der Waals surface area contributed by atoms with Gasteiger partial charge >= 0.3 is 0 Å². The predicted molar refractivity (Wildman–Crippen MR) is 114 cm³/mol. The van der Waals surface area contributed by atoms with Gasteiger partial charge < -0.3 is 18.9 Å². The van der Waals surface area contributed by atoms with Gasteiger partial charge in [-0.05, 0) is 83.1 Å². The molecule has 164 valence electrons. The minimum absolute atomic E-state index is 0.132. The fourth-order valence-electron chi connectivity index (χ4n) is 2.51. The molecular formula is C23H48O4. The van der Waals surface area contributed by atoms with Crippen molar-refractivity contribution in [1.82, 2.24) is 0 Å². The second-order valence-corrected chi connectivity index (χ2v) is 12.1. The first kappa shape index (κ1) is 26.8. The minimum atomic E-state index is -0.308. The van der Waals surface area contributed by atoms with Gasteiger partial charge in [-0.15, -0.1) is 0 Å². The fraction of sp³-hybridized carbons (Fsp3) is 1.00. The smallest absolute Gasteiger partial charge is 0.0892 e. The standard InChI is InChI=1S/C23H48O4/c1-19(2,3)24-15-17(26-21(7,8)9)23(13,14)18(27-22(10,11)12)16-25-20(4,5)6/h17-18H,15-16H2,1-14H3. The van der Waals surface area contributed by atoms with Crippen LogP contribution >= 0.6 is 0 Å². The maximum atomic E-state index is 6.46. The molecule has 0 saturated heterocycles. The molecule has 0 aromatic carbocycles. The van der Waals surface area contributed by atoms with Crippen molar-refractivity contribution in [2.75, 3.05) is 13.2 Å². The molecule has 2 atom stereocenters. The summed E-state index contributed by atoms with van der Waals surface area (Å²) in [5.41, 5.74) is -1.31. The Bertz CT molecular complexity index is 387. The molecule has 0 heterocycles. The van der Waals surface area contributed by atoms with Gasteiger partial charge in [0, 0.05) is 5.41 Å². The van der Waals surface area contributed by atoms with Gasteiger partial charge in [0.05, 0.1) is 47.8 Å². The first-order valence-corrected chi connectivity index (χ1v) is 10.3. The summed E-state index contributed by atoms with van der Waals surface area (Å²) in [6.07, 6.45) is -0.264. The Morgan fingerprint density at radius 2 is 0.704 bits per heavy atom. The van der Waals surface area contributed by atoms with Crippen LogP contribution in [0.25, 0.3) is 0 Å². The van der Waals surface area contributed by atoms with Crippen LogP contribution in [-0.4, -0.2) is 47.8 Å². The molecule has 0 bridgehead atoms. The largest absolute Gasteiger partial charge is 0.373 e. The van der Waals surface area contributed by atoms with E-state index in [0.29, 0.717) is 13.2 Å². The van der Waals surface area contributed by atoms with Crippen molar-refractivity contribution in [1.29, 1.82) is 0 Å². The fourth-order valence-corrected chi connectivity index (χ4v) is 2.51. The number of rotatable bonds is 8. The lowest BCUT2D eigenvalue weighted by Crippen LogP contribution is -2.53. The van der Waals surface area contributed by atoms with Crippen LogP contribution in [0.4, 0.5) is 0 Å². The Labute approximate surface area is 169 Å². The van der Waals surface area contributed by atoms with Gasteiger partial charge in [0.25, 0.3) is 0 Å². The lowest BCUT2D eigenvalue weighted by Gasteiger charge is -2.46. The van der Waals surface area contributed by atoms with Crippen molar-refractivity contribution < 1.29 is 18.9 Å². The molecule has 0 spiro atoms. The molecule has 0 aromatic heterocycles. The van der Waals surface area contributed by atoms with E-state index in [2.05, 4.69) is 96.9 Å². The molecule has 0 aliphatic carbocycles. The molecule has 0 amide bonds. The molecule has 0 radical (unpaired) electrons. The monoisotopic (exact) mass is 388 g/mol. The third kappa shape index (κ3) is 12.8. The Morgan fingerprint density at radius 3 is 0.889 bits per heavy atom. The van der Waals surface area contributed by atoms with Gasteiger partial charge in [-0.3, -0.25) is 0 Å². The maximum absolute atomic E-state index is 6.46. The van der Waals surface area contributed by atoms with E-state index in [4.69, 9.17) is 18.9 Å². The van der Waals surface area contributed by atoms with Crippen LogP contribution in [0.5, 0.6) is 0 Å². The third-order valence-corrected chi connectivity index (χ3v) is 3.99. The molecule has 0 rings (SSSR count). The molecule has 4 heteroatoms. The zero-order valence-electron chi connectivity index (χ0n) is 20.7. The Hall–Kier alpha value is -0.160. The summed E-state index contributed by atoms with van der Waals surface area (Å²) in [5, 5.41) is 0. The van der Waals surface area contributed by atoms with Crippen molar-refractivity contribution in [3.05, 3.63) is 0 Å². The van der Waals surface area contributed by atoms with E-state index in [9.17, 15) is 0 Å². The lowest BCUT2D eigenvalue weighted by atomic mass is 9.80. The highest BCUT2D eigenvalue weighted by Crippen LogP contribution is 2.36. The summed E-state index contributed by atoms with van der Waals surface area (Å²) >= 11 is 0. The SMILES string of the molecule is CC(C)(C)OCC(OC(C)(C)C)C(C)(C)C(COC(C)(C)C)OC(C)(C)C. The minimum Gasteiger partial charge on any atom is -0.373 e. The van der Waals surface area contributed by atoms with Crippen LogP contribution in [0.1, 0.15) is 96.9 Å². The van der Waals surface area contributed by atoms with E-state index in [0.717, 1.165) is 0 Å². The number of hydrogen-bond acceptors (Lipinski definition) is 4. The Balaban J connectivity index is 5.68. The van der Waals surface area contributed by atoms with Crippen LogP contribution < -0.4 is 0 Å². The summed E-state index contributed by atoms with van der Waals surface area (Å²) in [6.45, 7) is 30.3. The molecule has 0 aliphatic heterocycles. The van der Waals surface area contributed by atoms with Crippen LogP contribution in [0.2, 0.25) is 0 Å². The molecule has 2 unspecified atom stereocenters. The van der Waals surface area contributed by atoms with Gasteiger partial charge in [0.1, 0.15) is 0 Å². The molecule has 27 heavy (non-hydrogen) atoms. The summed E-state index contributed by atoms with van der Waals surface area (Å²) in [5.74, 6) is 0. The molecule has 0 aromatic rings. The zero-order chi connectivity index (χ0) is 21.9. The summed E-state index contributed by atoms with van der Waals surface area (Å²) in [6, 6.07) is 0. The van der Waals surface area contributed by atoms with Crippen LogP contribution in [0, 0.1) is 5.41 Å². The van der Waals surface area contributed by atoms with E-state index in [1.807, 2.05) is 0 Å². The van der Waals surface area contributed by atoms with Crippen LogP contribution in [0.3, 0.4) is 0 Å². The van der Waals surface area contributed by atoms with Crippen molar-refractivity contribution in [2.24, 2.45) is 5.41 Å². The zero-order valence-corrected chi connectivity index (χ0v) is 20.7. The van der Waals surface area contributed by atoms with E-state index in [-0.39, 0.29) is 40.0 Å². The quantitative estimate of drug-likeness (QED) is 0.510. The van der Waals surface area contributed by atoms with Crippen LogP contribution in [-0.2, 0) is 18.9 Å². The second-order valence-electron chi connectivity index (χ2n) is 12.1.